The van der Waals surface area contributed by atoms with Crippen LogP contribution < -0.4 is 4.74 Å². The van der Waals surface area contributed by atoms with E-state index >= 15 is 0 Å². The van der Waals surface area contributed by atoms with Gasteiger partial charge in [-0.3, -0.25) is 14.7 Å². The van der Waals surface area contributed by atoms with E-state index in [9.17, 15) is 4.79 Å². The predicted molar refractivity (Wildman–Crippen MR) is 110 cm³/mol. The standard InChI is InChI=1S/C23H29N3O2/c1-15-5-6-18(13-24-15)23(27)25-11-12-26-19(14-25)7-9-21(26)20-8-10-22(28-4)17(3)16(20)2/h5-6,8,10,13,19,21H,7,9,11-12,14H2,1-4H3/t19?,21-/m1/s1. The third-order valence-electron chi connectivity index (χ3n) is 6.51. The van der Waals surface area contributed by atoms with E-state index in [2.05, 4.69) is 35.9 Å². The van der Waals surface area contributed by atoms with E-state index in [1.807, 2.05) is 24.0 Å². The molecule has 2 aliphatic heterocycles. The zero-order valence-electron chi connectivity index (χ0n) is 17.2. The summed E-state index contributed by atoms with van der Waals surface area (Å²) < 4.78 is 5.48. The molecule has 3 heterocycles. The number of carbonyl (C=O) groups is 1. The Bertz CT molecular complexity index is 878. The van der Waals surface area contributed by atoms with Crippen LogP contribution >= 0.6 is 0 Å². The lowest BCUT2D eigenvalue weighted by Crippen LogP contribution is -2.52. The molecule has 0 aliphatic carbocycles. The van der Waals surface area contributed by atoms with E-state index in [0.717, 1.165) is 43.9 Å². The van der Waals surface area contributed by atoms with Crippen LogP contribution in [0.4, 0.5) is 0 Å². The summed E-state index contributed by atoms with van der Waals surface area (Å²) in [5.74, 6) is 1.06. The average molecular weight is 380 g/mol. The van der Waals surface area contributed by atoms with Crippen molar-refractivity contribution in [1.29, 1.82) is 0 Å². The Morgan fingerprint density at radius 3 is 2.61 bits per heavy atom. The molecule has 0 spiro atoms. The number of ether oxygens (including phenoxy) is 1. The molecule has 1 unspecified atom stereocenters. The molecule has 1 aromatic carbocycles. The van der Waals surface area contributed by atoms with Gasteiger partial charge in [0.1, 0.15) is 5.75 Å². The Balaban J connectivity index is 1.49. The molecule has 2 aliphatic rings. The molecule has 5 nitrogen and oxygen atoms in total. The first-order valence-corrected chi connectivity index (χ1v) is 10.1. The Morgan fingerprint density at radius 1 is 1.07 bits per heavy atom. The van der Waals surface area contributed by atoms with E-state index in [4.69, 9.17) is 4.74 Å². The highest BCUT2D eigenvalue weighted by Gasteiger charge is 2.40. The molecule has 0 radical (unpaired) electrons. The highest BCUT2D eigenvalue weighted by molar-refractivity contribution is 5.94. The lowest BCUT2D eigenvalue weighted by Gasteiger charge is -2.40. The van der Waals surface area contributed by atoms with Crippen molar-refractivity contribution in [3.63, 3.8) is 0 Å². The molecule has 0 bridgehead atoms. The van der Waals surface area contributed by atoms with Crippen molar-refractivity contribution in [2.75, 3.05) is 26.7 Å². The Morgan fingerprint density at radius 2 is 1.89 bits per heavy atom. The first-order valence-electron chi connectivity index (χ1n) is 10.1. The second kappa shape index (κ2) is 7.55. The molecule has 2 atom stereocenters. The fourth-order valence-corrected chi connectivity index (χ4v) is 4.75. The molecule has 5 heteroatoms. The maximum atomic E-state index is 12.9. The number of hydrogen-bond donors (Lipinski definition) is 0. The number of hydrogen-bond acceptors (Lipinski definition) is 4. The maximum absolute atomic E-state index is 12.9. The minimum Gasteiger partial charge on any atom is -0.496 e. The lowest BCUT2D eigenvalue weighted by molar-refractivity contribution is 0.0497. The largest absolute Gasteiger partial charge is 0.496 e. The second-order valence-electron chi connectivity index (χ2n) is 8.03. The van der Waals surface area contributed by atoms with Crippen molar-refractivity contribution >= 4 is 5.91 Å². The van der Waals surface area contributed by atoms with Gasteiger partial charge in [0, 0.05) is 43.6 Å². The Kier molecular flexibility index (Phi) is 5.11. The van der Waals surface area contributed by atoms with E-state index in [-0.39, 0.29) is 5.91 Å². The van der Waals surface area contributed by atoms with E-state index in [0.29, 0.717) is 17.6 Å². The van der Waals surface area contributed by atoms with Crippen LogP contribution in [0.3, 0.4) is 0 Å². The minimum atomic E-state index is 0.104. The van der Waals surface area contributed by atoms with Crippen molar-refractivity contribution < 1.29 is 9.53 Å². The van der Waals surface area contributed by atoms with Gasteiger partial charge in [-0.25, -0.2) is 0 Å². The molecule has 0 saturated carbocycles. The molecule has 148 valence electrons. The zero-order valence-corrected chi connectivity index (χ0v) is 17.2. The highest BCUT2D eigenvalue weighted by atomic mass is 16.5. The summed E-state index contributed by atoms with van der Waals surface area (Å²) >= 11 is 0. The SMILES string of the molecule is COc1ccc([C@H]2CCC3CN(C(=O)c4ccc(C)nc4)CCN32)c(C)c1C. The number of piperazine rings is 1. The molecule has 2 saturated heterocycles. The van der Waals surface area contributed by atoms with Gasteiger partial charge in [-0.2, -0.15) is 0 Å². The number of nitrogens with zero attached hydrogens (tertiary/aromatic N) is 3. The zero-order chi connectivity index (χ0) is 19.8. The van der Waals surface area contributed by atoms with Crippen LogP contribution in [0.25, 0.3) is 0 Å². The Hall–Kier alpha value is -2.40. The number of fused-ring (bicyclic) bond motifs is 1. The van der Waals surface area contributed by atoms with Gasteiger partial charge in [-0.1, -0.05) is 6.07 Å². The summed E-state index contributed by atoms with van der Waals surface area (Å²) in [5.41, 5.74) is 5.59. The summed E-state index contributed by atoms with van der Waals surface area (Å²) in [7, 11) is 1.73. The monoisotopic (exact) mass is 379 g/mol. The summed E-state index contributed by atoms with van der Waals surface area (Å²) in [6.07, 6.45) is 3.97. The molecule has 1 aromatic heterocycles. The summed E-state index contributed by atoms with van der Waals surface area (Å²) in [4.78, 5) is 21.8. The number of aryl methyl sites for hydroxylation is 1. The maximum Gasteiger partial charge on any atom is 0.255 e. The molecular weight excluding hydrogens is 350 g/mol. The number of methoxy groups -OCH3 is 1. The number of rotatable bonds is 3. The first kappa shape index (κ1) is 18.9. The fraction of sp³-hybridized carbons (Fsp3) is 0.478. The summed E-state index contributed by atoms with van der Waals surface area (Å²) in [6, 6.07) is 8.98. The summed E-state index contributed by atoms with van der Waals surface area (Å²) in [5, 5.41) is 0. The third-order valence-corrected chi connectivity index (χ3v) is 6.51. The molecular formula is C23H29N3O2. The van der Waals surface area contributed by atoms with Gasteiger partial charge >= 0.3 is 0 Å². The van der Waals surface area contributed by atoms with Crippen molar-refractivity contribution in [3.05, 3.63) is 58.4 Å². The average Bonchev–Trinajstić information content (AvgIpc) is 3.13. The van der Waals surface area contributed by atoms with Gasteiger partial charge in [0.2, 0.25) is 0 Å². The number of amides is 1. The predicted octanol–water partition coefficient (Wildman–Crippen LogP) is 3.68. The quantitative estimate of drug-likeness (QED) is 0.816. The van der Waals surface area contributed by atoms with Crippen LogP contribution in [0, 0.1) is 20.8 Å². The highest BCUT2D eigenvalue weighted by Crippen LogP contribution is 2.41. The molecule has 1 amide bonds. The first-order chi connectivity index (χ1) is 13.5. The van der Waals surface area contributed by atoms with Gasteiger partial charge < -0.3 is 9.64 Å². The lowest BCUT2D eigenvalue weighted by atomic mass is 9.95. The van der Waals surface area contributed by atoms with E-state index in [1.165, 1.54) is 16.7 Å². The van der Waals surface area contributed by atoms with Crippen LogP contribution in [0.15, 0.2) is 30.5 Å². The molecule has 2 fully saturated rings. The van der Waals surface area contributed by atoms with Gasteiger partial charge in [0.05, 0.1) is 12.7 Å². The van der Waals surface area contributed by atoms with Gasteiger partial charge in [0.15, 0.2) is 0 Å². The van der Waals surface area contributed by atoms with Gasteiger partial charge in [0.25, 0.3) is 5.91 Å². The van der Waals surface area contributed by atoms with E-state index in [1.54, 1.807) is 13.3 Å². The smallest absolute Gasteiger partial charge is 0.255 e. The normalized spacial score (nSPS) is 22.2. The van der Waals surface area contributed by atoms with Gasteiger partial charge in [-0.15, -0.1) is 0 Å². The fourth-order valence-electron chi connectivity index (χ4n) is 4.75. The molecule has 4 rings (SSSR count). The van der Waals surface area contributed by atoms with Crippen molar-refractivity contribution in [2.24, 2.45) is 0 Å². The number of carbonyl (C=O) groups excluding carboxylic acids is 1. The molecule has 2 aromatic rings. The summed E-state index contributed by atoms with van der Waals surface area (Å²) in [6.45, 7) is 8.77. The van der Waals surface area contributed by atoms with Crippen molar-refractivity contribution in [1.82, 2.24) is 14.8 Å². The van der Waals surface area contributed by atoms with Crippen LogP contribution in [0.2, 0.25) is 0 Å². The number of aromatic nitrogens is 1. The van der Waals surface area contributed by atoms with Crippen LogP contribution in [-0.4, -0.2) is 53.5 Å². The van der Waals surface area contributed by atoms with Crippen molar-refractivity contribution in [3.8, 4) is 5.75 Å². The van der Waals surface area contributed by atoms with Crippen LogP contribution in [-0.2, 0) is 0 Å². The topological polar surface area (TPSA) is 45.7 Å². The second-order valence-corrected chi connectivity index (χ2v) is 8.03. The van der Waals surface area contributed by atoms with Gasteiger partial charge in [-0.05, 0) is 68.5 Å². The molecule has 28 heavy (non-hydrogen) atoms. The third kappa shape index (κ3) is 3.28. The minimum absolute atomic E-state index is 0.104. The van der Waals surface area contributed by atoms with Crippen molar-refractivity contribution in [2.45, 2.75) is 45.7 Å². The van der Waals surface area contributed by atoms with Crippen LogP contribution in [0.5, 0.6) is 5.75 Å². The van der Waals surface area contributed by atoms with E-state index < -0.39 is 0 Å². The number of pyridine rings is 1. The molecule has 0 N–H and O–H groups in total. The number of benzene rings is 1. The van der Waals surface area contributed by atoms with Crippen LogP contribution in [0.1, 0.15) is 51.6 Å². The Labute approximate surface area is 167 Å².